The number of aromatic nitrogens is 2. The number of benzene rings is 1. The van der Waals surface area contributed by atoms with Crippen molar-refractivity contribution in [1.82, 2.24) is 15.5 Å². The Hall–Kier alpha value is -2.08. The molecule has 0 spiro atoms. The first-order chi connectivity index (χ1) is 9.69. The predicted molar refractivity (Wildman–Crippen MR) is 74.9 cm³/mol. The standard InChI is InChI=1S/C14H19N3O3/c1-5-15-9(2)13-16-17-14(20-13)10-6-7-11(18-3)12(8-10)19-4/h6-9,15H,5H2,1-4H3. The van der Waals surface area contributed by atoms with Crippen molar-refractivity contribution in [2.24, 2.45) is 0 Å². The fourth-order valence-electron chi connectivity index (χ4n) is 1.89. The van der Waals surface area contributed by atoms with Gasteiger partial charge in [0.15, 0.2) is 11.5 Å². The van der Waals surface area contributed by atoms with Gasteiger partial charge in [-0.25, -0.2) is 0 Å². The van der Waals surface area contributed by atoms with Gasteiger partial charge in [-0.1, -0.05) is 6.92 Å². The highest BCUT2D eigenvalue weighted by atomic mass is 16.5. The highest BCUT2D eigenvalue weighted by Gasteiger charge is 2.15. The van der Waals surface area contributed by atoms with Crippen LogP contribution in [0, 0.1) is 0 Å². The van der Waals surface area contributed by atoms with Crippen LogP contribution in [0.15, 0.2) is 22.6 Å². The molecule has 2 aromatic rings. The quantitative estimate of drug-likeness (QED) is 0.874. The molecule has 0 amide bonds. The molecule has 1 aromatic heterocycles. The molecule has 1 heterocycles. The van der Waals surface area contributed by atoms with Crippen molar-refractivity contribution >= 4 is 0 Å². The minimum absolute atomic E-state index is 0.0291. The second-order valence-corrected chi connectivity index (χ2v) is 4.29. The van der Waals surface area contributed by atoms with E-state index in [2.05, 4.69) is 15.5 Å². The van der Waals surface area contributed by atoms with Gasteiger partial charge < -0.3 is 19.2 Å². The Morgan fingerprint density at radius 3 is 2.60 bits per heavy atom. The fourth-order valence-corrected chi connectivity index (χ4v) is 1.89. The Balaban J connectivity index is 2.28. The SMILES string of the molecule is CCNC(C)c1nnc(-c2ccc(OC)c(OC)c2)o1. The topological polar surface area (TPSA) is 69.4 Å². The molecule has 2 rings (SSSR count). The molecule has 0 radical (unpaired) electrons. The monoisotopic (exact) mass is 277 g/mol. The zero-order valence-electron chi connectivity index (χ0n) is 12.1. The van der Waals surface area contributed by atoms with E-state index in [4.69, 9.17) is 13.9 Å². The van der Waals surface area contributed by atoms with Gasteiger partial charge in [0, 0.05) is 5.56 Å². The Morgan fingerprint density at radius 2 is 1.95 bits per heavy atom. The molecule has 0 aliphatic carbocycles. The summed E-state index contributed by atoms with van der Waals surface area (Å²) in [4.78, 5) is 0. The molecule has 1 aromatic carbocycles. The van der Waals surface area contributed by atoms with Gasteiger partial charge in [-0.15, -0.1) is 10.2 Å². The largest absolute Gasteiger partial charge is 0.493 e. The molecule has 0 aliphatic rings. The maximum Gasteiger partial charge on any atom is 0.247 e. The van der Waals surface area contributed by atoms with Crippen LogP contribution in [0.5, 0.6) is 11.5 Å². The summed E-state index contributed by atoms with van der Waals surface area (Å²) in [6.07, 6.45) is 0. The van der Waals surface area contributed by atoms with E-state index >= 15 is 0 Å². The average Bonchev–Trinajstić information content (AvgIpc) is 2.96. The smallest absolute Gasteiger partial charge is 0.247 e. The average molecular weight is 277 g/mol. The molecule has 0 aliphatic heterocycles. The van der Waals surface area contributed by atoms with Gasteiger partial charge >= 0.3 is 0 Å². The summed E-state index contributed by atoms with van der Waals surface area (Å²) in [5.41, 5.74) is 0.796. The third-order valence-electron chi connectivity index (χ3n) is 2.95. The molecule has 20 heavy (non-hydrogen) atoms. The number of hydrogen-bond acceptors (Lipinski definition) is 6. The molecule has 6 nitrogen and oxygen atoms in total. The summed E-state index contributed by atoms with van der Waals surface area (Å²) in [5, 5.41) is 11.4. The van der Waals surface area contributed by atoms with Gasteiger partial charge in [0.2, 0.25) is 11.8 Å². The number of nitrogens with zero attached hydrogens (tertiary/aromatic N) is 2. The van der Waals surface area contributed by atoms with Crippen LogP contribution in [0.2, 0.25) is 0 Å². The van der Waals surface area contributed by atoms with Gasteiger partial charge in [0.1, 0.15) is 0 Å². The van der Waals surface area contributed by atoms with Gasteiger partial charge in [0.05, 0.1) is 20.3 Å². The summed E-state index contributed by atoms with van der Waals surface area (Å²) in [7, 11) is 3.19. The number of rotatable bonds is 6. The maximum absolute atomic E-state index is 5.68. The lowest BCUT2D eigenvalue weighted by Crippen LogP contribution is -2.17. The Labute approximate surface area is 118 Å². The molecule has 1 N–H and O–H groups in total. The third-order valence-corrected chi connectivity index (χ3v) is 2.95. The molecular formula is C14H19N3O3. The number of methoxy groups -OCH3 is 2. The van der Waals surface area contributed by atoms with Gasteiger partial charge in [-0.3, -0.25) is 0 Å². The molecule has 108 valence electrons. The number of hydrogen-bond donors (Lipinski definition) is 1. The van der Waals surface area contributed by atoms with Gasteiger partial charge in [-0.05, 0) is 31.7 Å². The van der Waals surface area contributed by atoms with Crippen LogP contribution in [0.1, 0.15) is 25.8 Å². The van der Waals surface area contributed by atoms with Crippen molar-refractivity contribution in [2.45, 2.75) is 19.9 Å². The van der Waals surface area contributed by atoms with E-state index in [1.54, 1.807) is 14.2 Å². The second-order valence-electron chi connectivity index (χ2n) is 4.29. The van der Waals surface area contributed by atoms with Crippen LogP contribution in [0.25, 0.3) is 11.5 Å². The Bertz CT molecular complexity index is 569. The first kappa shape index (κ1) is 14.3. The molecule has 0 saturated carbocycles. The van der Waals surface area contributed by atoms with Crippen LogP contribution in [0.4, 0.5) is 0 Å². The first-order valence-corrected chi connectivity index (χ1v) is 6.48. The van der Waals surface area contributed by atoms with Crippen molar-refractivity contribution < 1.29 is 13.9 Å². The molecule has 6 heteroatoms. The second kappa shape index (κ2) is 6.38. The third kappa shape index (κ3) is 2.91. The van der Waals surface area contributed by atoms with Crippen LogP contribution in [0.3, 0.4) is 0 Å². The summed E-state index contributed by atoms with van der Waals surface area (Å²) in [5.74, 6) is 2.32. The van der Waals surface area contributed by atoms with Crippen LogP contribution in [-0.4, -0.2) is 31.0 Å². The molecule has 0 bridgehead atoms. The van der Waals surface area contributed by atoms with Crippen LogP contribution < -0.4 is 14.8 Å². The highest BCUT2D eigenvalue weighted by Crippen LogP contribution is 2.32. The highest BCUT2D eigenvalue weighted by molar-refractivity contribution is 5.59. The van der Waals surface area contributed by atoms with E-state index in [1.807, 2.05) is 32.0 Å². The summed E-state index contributed by atoms with van der Waals surface area (Å²) in [6, 6.07) is 5.51. The molecule has 0 fully saturated rings. The fraction of sp³-hybridized carbons (Fsp3) is 0.429. The van der Waals surface area contributed by atoms with E-state index in [1.165, 1.54) is 0 Å². The lowest BCUT2D eigenvalue weighted by molar-refractivity contribution is 0.355. The zero-order valence-corrected chi connectivity index (χ0v) is 12.1. The van der Waals surface area contributed by atoms with Crippen molar-refractivity contribution in [3.63, 3.8) is 0 Å². The molecule has 0 saturated heterocycles. The van der Waals surface area contributed by atoms with E-state index in [0.717, 1.165) is 12.1 Å². The number of ether oxygens (including phenoxy) is 2. The van der Waals surface area contributed by atoms with E-state index < -0.39 is 0 Å². The molecular weight excluding hydrogens is 258 g/mol. The van der Waals surface area contributed by atoms with Crippen molar-refractivity contribution in [3.8, 4) is 23.0 Å². The molecule has 1 atom stereocenters. The van der Waals surface area contributed by atoms with E-state index in [0.29, 0.717) is 23.3 Å². The van der Waals surface area contributed by atoms with Gasteiger partial charge in [0.25, 0.3) is 0 Å². The first-order valence-electron chi connectivity index (χ1n) is 6.48. The summed E-state index contributed by atoms with van der Waals surface area (Å²) < 4.78 is 16.1. The summed E-state index contributed by atoms with van der Waals surface area (Å²) >= 11 is 0. The summed E-state index contributed by atoms with van der Waals surface area (Å²) in [6.45, 7) is 4.85. The van der Waals surface area contributed by atoms with Crippen molar-refractivity contribution in [1.29, 1.82) is 0 Å². The lowest BCUT2D eigenvalue weighted by Gasteiger charge is -2.08. The Morgan fingerprint density at radius 1 is 1.20 bits per heavy atom. The predicted octanol–water partition coefficient (Wildman–Crippen LogP) is 2.42. The zero-order chi connectivity index (χ0) is 14.5. The number of nitrogens with one attached hydrogen (secondary N) is 1. The molecule has 1 unspecified atom stereocenters. The minimum Gasteiger partial charge on any atom is -0.493 e. The Kier molecular flexibility index (Phi) is 4.57. The van der Waals surface area contributed by atoms with Gasteiger partial charge in [-0.2, -0.15) is 0 Å². The van der Waals surface area contributed by atoms with E-state index in [9.17, 15) is 0 Å². The van der Waals surface area contributed by atoms with E-state index in [-0.39, 0.29) is 6.04 Å². The minimum atomic E-state index is 0.0291. The normalized spacial score (nSPS) is 12.2. The van der Waals surface area contributed by atoms with Crippen LogP contribution >= 0.6 is 0 Å². The maximum atomic E-state index is 5.68. The lowest BCUT2D eigenvalue weighted by atomic mass is 10.2. The van der Waals surface area contributed by atoms with Crippen molar-refractivity contribution in [2.75, 3.05) is 20.8 Å². The van der Waals surface area contributed by atoms with Crippen molar-refractivity contribution in [3.05, 3.63) is 24.1 Å². The van der Waals surface area contributed by atoms with Crippen LogP contribution in [-0.2, 0) is 0 Å².